The molecule has 0 amide bonds. The van der Waals surface area contributed by atoms with Crippen LogP contribution in [0, 0.1) is 6.92 Å². The quantitative estimate of drug-likeness (QED) is 0.947. The molecule has 0 atom stereocenters. The van der Waals surface area contributed by atoms with E-state index in [1.807, 2.05) is 31.2 Å². The third-order valence-corrected chi connectivity index (χ3v) is 2.91. The van der Waals surface area contributed by atoms with Gasteiger partial charge in [0.1, 0.15) is 0 Å². The predicted octanol–water partition coefficient (Wildman–Crippen LogP) is 2.70. The molecule has 0 spiro atoms. The van der Waals surface area contributed by atoms with Crippen molar-refractivity contribution in [2.45, 2.75) is 13.5 Å². The minimum Gasteiger partial charge on any atom is -0.476 e. The summed E-state index contributed by atoms with van der Waals surface area (Å²) >= 11 is 3.40. The number of halogens is 1. The normalized spacial score (nSPS) is 10.5. The second-order valence-electron chi connectivity index (χ2n) is 3.76. The average Bonchev–Trinajstić information content (AvgIpc) is 2.61. The molecule has 0 aliphatic carbocycles. The van der Waals surface area contributed by atoms with Crippen LogP contribution in [0.5, 0.6) is 0 Å². The number of aromatic carboxylic acids is 1. The van der Waals surface area contributed by atoms with Gasteiger partial charge in [-0.05, 0) is 30.7 Å². The van der Waals surface area contributed by atoms with Crippen LogP contribution in [-0.2, 0) is 6.54 Å². The van der Waals surface area contributed by atoms with Crippen LogP contribution >= 0.6 is 15.9 Å². The number of benzene rings is 1. The first-order valence-corrected chi connectivity index (χ1v) is 5.88. The van der Waals surface area contributed by atoms with Crippen LogP contribution in [0.2, 0.25) is 0 Å². The third-order valence-electron chi connectivity index (χ3n) is 2.42. The fourth-order valence-electron chi connectivity index (χ4n) is 1.58. The molecule has 1 N–H and O–H groups in total. The molecule has 2 aromatic rings. The van der Waals surface area contributed by atoms with Gasteiger partial charge >= 0.3 is 5.97 Å². The maximum atomic E-state index is 10.8. The number of aryl methyl sites for hydroxylation is 1. The van der Waals surface area contributed by atoms with Crippen molar-refractivity contribution in [1.82, 2.24) is 9.78 Å². The van der Waals surface area contributed by atoms with Crippen molar-refractivity contribution in [1.29, 1.82) is 0 Å². The molecule has 1 aromatic heterocycles. The minimum absolute atomic E-state index is 0.0810. The van der Waals surface area contributed by atoms with Gasteiger partial charge in [-0.1, -0.05) is 28.1 Å². The fraction of sp³-hybridized carbons (Fsp3) is 0.167. The van der Waals surface area contributed by atoms with Crippen molar-refractivity contribution in [2.24, 2.45) is 0 Å². The highest BCUT2D eigenvalue weighted by Gasteiger charge is 2.10. The zero-order valence-electron chi connectivity index (χ0n) is 9.22. The summed E-state index contributed by atoms with van der Waals surface area (Å²) in [5.41, 5.74) is 1.99. The minimum atomic E-state index is -0.999. The van der Waals surface area contributed by atoms with Crippen molar-refractivity contribution >= 4 is 21.9 Å². The molecular weight excluding hydrogens is 284 g/mol. The molecule has 88 valence electrons. The van der Waals surface area contributed by atoms with Gasteiger partial charge < -0.3 is 5.11 Å². The Morgan fingerprint density at radius 2 is 2.24 bits per heavy atom. The summed E-state index contributed by atoms with van der Waals surface area (Å²) in [7, 11) is 0. The van der Waals surface area contributed by atoms with E-state index in [2.05, 4.69) is 21.0 Å². The number of rotatable bonds is 3. The van der Waals surface area contributed by atoms with Crippen LogP contribution < -0.4 is 0 Å². The van der Waals surface area contributed by atoms with E-state index in [1.54, 1.807) is 10.7 Å². The van der Waals surface area contributed by atoms with E-state index in [4.69, 9.17) is 5.11 Å². The smallest absolute Gasteiger partial charge is 0.356 e. The van der Waals surface area contributed by atoms with E-state index in [0.717, 1.165) is 15.7 Å². The number of carboxylic acid groups (broad SMARTS) is 1. The van der Waals surface area contributed by atoms with Gasteiger partial charge in [-0.15, -0.1) is 0 Å². The van der Waals surface area contributed by atoms with Crippen molar-refractivity contribution in [2.75, 3.05) is 0 Å². The van der Waals surface area contributed by atoms with Gasteiger partial charge in [0.2, 0.25) is 0 Å². The molecule has 17 heavy (non-hydrogen) atoms. The van der Waals surface area contributed by atoms with Gasteiger partial charge in [0.05, 0.1) is 6.54 Å². The molecule has 2 rings (SSSR count). The molecule has 0 aliphatic rings. The first-order valence-electron chi connectivity index (χ1n) is 5.08. The van der Waals surface area contributed by atoms with Crippen LogP contribution in [-0.4, -0.2) is 20.9 Å². The lowest BCUT2D eigenvalue weighted by Gasteiger charge is -2.04. The van der Waals surface area contributed by atoms with Gasteiger partial charge in [0.15, 0.2) is 5.69 Å². The number of aromatic nitrogens is 2. The van der Waals surface area contributed by atoms with Gasteiger partial charge in [-0.2, -0.15) is 5.10 Å². The highest BCUT2D eigenvalue weighted by Crippen LogP contribution is 2.13. The molecule has 0 fully saturated rings. The van der Waals surface area contributed by atoms with Crippen molar-refractivity contribution < 1.29 is 9.90 Å². The number of nitrogens with zero attached hydrogens (tertiary/aromatic N) is 2. The summed E-state index contributed by atoms with van der Waals surface area (Å²) < 4.78 is 2.68. The largest absolute Gasteiger partial charge is 0.476 e. The molecule has 4 nitrogen and oxygen atoms in total. The second kappa shape index (κ2) is 4.71. The van der Waals surface area contributed by atoms with Crippen LogP contribution in [0.1, 0.15) is 21.7 Å². The Labute approximate surface area is 107 Å². The molecule has 0 saturated heterocycles. The predicted molar refractivity (Wildman–Crippen MR) is 67.2 cm³/mol. The number of hydrogen-bond acceptors (Lipinski definition) is 2. The summed E-state index contributed by atoms with van der Waals surface area (Å²) in [6, 6.07) is 9.42. The lowest BCUT2D eigenvalue weighted by Crippen LogP contribution is -2.05. The van der Waals surface area contributed by atoms with E-state index < -0.39 is 5.97 Å². The highest BCUT2D eigenvalue weighted by atomic mass is 79.9. The lowest BCUT2D eigenvalue weighted by molar-refractivity contribution is 0.0689. The zero-order chi connectivity index (χ0) is 12.4. The van der Waals surface area contributed by atoms with E-state index in [-0.39, 0.29) is 5.69 Å². The molecule has 0 saturated carbocycles. The van der Waals surface area contributed by atoms with E-state index >= 15 is 0 Å². The summed E-state index contributed by atoms with van der Waals surface area (Å²) in [6.45, 7) is 2.41. The van der Waals surface area contributed by atoms with Gasteiger partial charge in [0, 0.05) is 10.2 Å². The Balaban J connectivity index is 2.27. The van der Waals surface area contributed by atoms with Crippen LogP contribution in [0.3, 0.4) is 0 Å². The van der Waals surface area contributed by atoms with E-state index in [1.165, 1.54) is 0 Å². The number of carboxylic acids is 1. The van der Waals surface area contributed by atoms with Crippen molar-refractivity contribution in [3.05, 3.63) is 51.8 Å². The maximum Gasteiger partial charge on any atom is 0.356 e. The van der Waals surface area contributed by atoms with E-state index in [9.17, 15) is 4.79 Å². The Hall–Kier alpha value is -1.62. The van der Waals surface area contributed by atoms with Gasteiger partial charge in [-0.25, -0.2) is 4.79 Å². The zero-order valence-corrected chi connectivity index (χ0v) is 10.8. The van der Waals surface area contributed by atoms with Crippen LogP contribution in [0.15, 0.2) is 34.8 Å². The fourth-order valence-corrected chi connectivity index (χ4v) is 2.03. The SMILES string of the molecule is Cc1cc(C(=O)O)nn1Cc1cccc(Br)c1. The summed E-state index contributed by atoms with van der Waals surface area (Å²) in [6.07, 6.45) is 0. The number of carbonyl (C=O) groups is 1. The molecule has 0 aliphatic heterocycles. The molecule has 0 unspecified atom stereocenters. The summed E-state index contributed by atoms with van der Waals surface area (Å²) in [5, 5.41) is 12.9. The van der Waals surface area contributed by atoms with Gasteiger partial charge in [-0.3, -0.25) is 4.68 Å². The Kier molecular flexibility index (Phi) is 3.28. The first-order chi connectivity index (χ1) is 8.06. The Morgan fingerprint density at radius 1 is 1.47 bits per heavy atom. The number of hydrogen-bond donors (Lipinski definition) is 1. The first kappa shape index (κ1) is 11.9. The monoisotopic (exact) mass is 294 g/mol. The molecule has 0 bridgehead atoms. The van der Waals surface area contributed by atoms with Crippen molar-refractivity contribution in [3.63, 3.8) is 0 Å². The van der Waals surface area contributed by atoms with Gasteiger partial charge in [0.25, 0.3) is 0 Å². The average molecular weight is 295 g/mol. The highest BCUT2D eigenvalue weighted by molar-refractivity contribution is 9.10. The third kappa shape index (κ3) is 2.74. The molecule has 5 heteroatoms. The Morgan fingerprint density at radius 3 is 2.82 bits per heavy atom. The second-order valence-corrected chi connectivity index (χ2v) is 4.68. The molecular formula is C12H11BrN2O2. The summed E-state index contributed by atoms with van der Waals surface area (Å²) in [4.78, 5) is 10.8. The van der Waals surface area contributed by atoms with E-state index in [0.29, 0.717) is 6.54 Å². The summed E-state index contributed by atoms with van der Waals surface area (Å²) in [5.74, 6) is -0.999. The standard InChI is InChI=1S/C12H11BrN2O2/c1-8-5-11(12(16)17)14-15(8)7-9-3-2-4-10(13)6-9/h2-6H,7H2,1H3,(H,16,17). The Bertz CT molecular complexity index is 563. The molecule has 0 radical (unpaired) electrons. The molecule has 1 aromatic carbocycles. The molecule has 1 heterocycles. The van der Waals surface area contributed by atoms with Crippen molar-refractivity contribution in [3.8, 4) is 0 Å². The maximum absolute atomic E-state index is 10.8. The van der Waals surface area contributed by atoms with Crippen LogP contribution in [0.4, 0.5) is 0 Å². The lowest BCUT2D eigenvalue weighted by atomic mass is 10.2. The topological polar surface area (TPSA) is 55.1 Å². The van der Waals surface area contributed by atoms with Crippen LogP contribution in [0.25, 0.3) is 0 Å².